The van der Waals surface area contributed by atoms with Crippen molar-refractivity contribution in [1.29, 1.82) is 0 Å². The Bertz CT molecular complexity index is 1440. The van der Waals surface area contributed by atoms with Crippen LogP contribution in [-0.4, -0.2) is 29.4 Å². The molecule has 0 saturated carbocycles. The quantitative estimate of drug-likeness (QED) is 0.499. The minimum atomic E-state index is -0.124. The average molecular weight is 398 g/mol. The summed E-state index contributed by atoms with van der Waals surface area (Å²) in [6, 6.07) is 18.0. The summed E-state index contributed by atoms with van der Waals surface area (Å²) in [4.78, 5) is 21.8. The molecule has 30 heavy (non-hydrogen) atoms. The van der Waals surface area contributed by atoms with Gasteiger partial charge in [-0.3, -0.25) is 9.89 Å². The van der Waals surface area contributed by atoms with Gasteiger partial charge in [-0.1, -0.05) is 36.4 Å². The summed E-state index contributed by atoms with van der Waals surface area (Å²) in [5, 5.41) is 9.97. The number of hydrogen-bond donors (Lipinski definition) is 1. The molecule has 0 amide bonds. The molecule has 150 valence electrons. The van der Waals surface area contributed by atoms with E-state index in [1.54, 1.807) is 6.07 Å². The van der Waals surface area contributed by atoms with Gasteiger partial charge < -0.3 is 0 Å². The third kappa shape index (κ3) is 3.18. The molecule has 3 aromatic heterocycles. The topological polar surface area (TPSA) is 80.9 Å². The van der Waals surface area contributed by atoms with Crippen LogP contribution >= 0.6 is 0 Å². The van der Waals surface area contributed by atoms with Crippen LogP contribution in [0.15, 0.2) is 59.4 Å². The number of aromatic nitrogens is 6. The highest BCUT2D eigenvalue weighted by atomic mass is 16.1. The molecule has 0 unspecified atom stereocenters. The SMILES string of the molecule is Cc1nc(C)n([C@H](C)Cc2cc(=O)n3[nH]c(-c4ccc5ccccc5c4)cc3n2)n1. The molecule has 1 N–H and O–H groups in total. The van der Waals surface area contributed by atoms with Crippen molar-refractivity contribution in [3.63, 3.8) is 0 Å². The second-order valence-electron chi connectivity index (χ2n) is 7.72. The van der Waals surface area contributed by atoms with E-state index >= 15 is 0 Å². The molecule has 0 fully saturated rings. The molecule has 0 saturated heterocycles. The Morgan fingerprint density at radius 3 is 2.57 bits per heavy atom. The molecule has 7 heteroatoms. The first-order valence-corrected chi connectivity index (χ1v) is 9.98. The Hall–Kier alpha value is -3.74. The smallest absolute Gasteiger partial charge is 0.272 e. The normalized spacial score (nSPS) is 12.6. The van der Waals surface area contributed by atoms with Crippen LogP contribution in [-0.2, 0) is 6.42 Å². The molecular formula is C23H22N6O. The largest absolute Gasteiger partial charge is 0.289 e. The molecule has 7 nitrogen and oxygen atoms in total. The number of aryl methyl sites for hydroxylation is 2. The lowest BCUT2D eigenvalue weighted by molar-refractivity contribution is 0.469. The number of hydrogen-bond acceptors (Lipinski definition) is 4. The highest BCUT2D eigenvalue weighted by molar-refractivity contribution is 5.87. The highest BCUT2D eigenvalue weighted by Crippen LogP contribution is 2.24. The Morgan fingerprint density at radius 2 is 1.80 bits per heavy atom. The number of nitrogens with one attached hydrogen (secondary N) is 1. The van der Waals surface area contributed by atoms with Crippen molar-refractivity contribution in [2.45, 2.75) is 33.2 Å². The fraction of sp³-hybridized carbons (Fsp3) is 0.217. The molecule has 1 atom stereocenters. The number of nitrogens with zero attached hydrogens (tertiary/aromatic N) is 5. The lowest BCUT2D eigenvalue weighted by Crippen LogP contribution is -2.18. The van der Waals surface area contributed by atoms with Crippen molar-refractivity contribution >= 4 is 16.4 Å². The van der Waals surface area contributed by atoms with E-state index in [-0.39, 0.29) is 11.6 Å². The van der Waals surface area contributed by atoms with Crippen molar-refractivity contribution in [1.82, 2.24) is 29.4 Å². The fourth-order valence-electron chi connectivity index (χ4n) is 3.99. The maximum absolute atomic E-state index is 12.7. The van der Waals surface area contributed by atoms with Gasteiger partial charge in [0, 0.05) is 24.1 Å². The first kappa shape index (κ1) is 18.3. The Morgan fingerprint density at radius 1 is 1.00 bits per heavy atom. The summed E-state index contributed by atoms with van der Waals surface area (Å²) in [6.45, 7) is 5.87. The molecule has 5 rings (SSSR count). The van der Waals surface area contributed by atoms with Crippen LogP contribution in [0.4, 0.5) is 0 Å². The van der Waals surface area contributed by atoms with Gasteiger partial charge in [0.1, 0.15) is 11.6 Å². The van der Waals surface area contributed by atoms with Gasteiger partial charge in [0.25, 0.3) is 5.56 Å². The molecular weight excluding hydrogens is 376 g/mol. The molecule has 5 aromatic rings. The molecule has 3 heterocycles. The zero-order valence-corrected chi connectivity index (χ0v) is 17.1. The third-order valence-electron chi connectivity index (χ3n) is 5.39. The zero-order chi connectivity index (χ0) is 20.8. The van der Waals surface area contributed by atoms with E-state index in [1.165, 1.54) is 9.90 Å². The predicted octanol–water partition coefficient (Wildman–Crippen LogP) is 3.85. The van der Waals surface area contributed by atoms with Crippen LogP contribution in [0.1, 0.15) is 30.3 Å². The van der Waals surface area contributed by atoms with Gasteiger partial charge in [0.2, 0.25) is 0 Å². The summed E-state index contributed by atoms with van der Waals surface area (Å²) in [7, 11) is 0. The number of rotatable bonds is 4. The van der Waals surface area contributed by atoms with Gasteiger partial charge in [0.05, 0.1) is 17.4 Å². The monoisotopic (exact) mass is 398 g/mol. The minimum absolute atomic E-state index is 0.0550. The van der Waals surface area contributed by atoms with Crippen LogP contribution in [0.2, 0.25) is 0 Å². The predicted molar refractivity (Wildman–Crippen MR) is 117 cm³/mol. The summed E-state index contributed by atoms with van der Waals surface area (Å²) in [5.41, 5.74) is 3.10. The van der Waals surface area contributed by atoms with E-state index in [0.29, 0.717) is 12.1 Å². The zero-order valence-electron chi connectivity index (χ0n) is 17.1. The van der Waals surface area contributed by atoms with E-state index in [0.717, 1.165) is 34.0 Å². The van der Waals surface area contributed by atoms with E-state index in [9.17, 15) is 4.79 Å². The number of benzene rings is 2. The Kier molecular flexibility index (Phi) is 4.24. The third-order valence-corrected chi connectivity index (χ3v) is 5.39. The van der Waals surface area contributed by atoms with Crippen LogP contribution in [0, 0.1) is 13.8 Å². The first-order chi connectivity index (χ1) is 14.5. The van der Waals surface area contributed by atoms with Crippen molar-refractivity contribution < 1.29 is 0 Å². The molecule has 0 spiro atoms. The number of fused-ring (bicyclic) bond motifs is 2. The second kappa shape index (κ2) is 6.95. The molecule has 0 aliphatic heterocycles. The second-order valence-corrected chi connectivity index (χ2v) is 7.72. The van der Waals surface area contributed by atoms with Gasteiger partial charge in [0.15, 0.2) is 5.65 Å². The lowest BCUT2D eigenvalue weighted by Gasteiger charge is -2.12. The standard InChI is InChI=1S/C23H22N6O/c1-14(28-16(3)24-15(2)26-28)10-20-12-23(30)29-22(25-20)13-21(27-29)19-9-8-17-6-4-5-7-18(17)11-19/h4-9,11-14,27H,10H2,1-3H3/t14-/m1/s1. The molecule has 0 bridgehead atoms. The van der Waals surface area contributed by atoms with E-state index < -0.39 is 0 Å². The van der Waals surface area contributed by atoms with Gasteiger partial charge in [-0.2, -0.15) is 5.10 Å². The van der Waals surface area contributed by atoms with E-state index in [1.807, 2.05) is 36.7 Å². The lowest BCUT2D eigenvalue weighted by atomic mass is 10.1. The van der Waals surface area contributed by atoms with Gasteiger partial charge in [-0.05, 0) is 37.6 Å². The van der Waals surface area contributed by atoms with Gasteiger partial charge in [-0.15, -0.1) is 0 Å². The molecule has 0 radical (unpaired) electrons. The highest BCUT2D eigenvalue weighted by Gasteiger charge is 2.14. The minimum Gasteiger partial charge on any atom is -0.289 e. The van der Waals surface area contributed by atoms with Crippen molar-refractivity contribution in [3.05, 3.63) is 82.3 Å². The molecule has 0 aliphatic carbocycles. The molecule has 2 aromatic carbocycles. The number of H-pyrrole nitrogens is 1. The van der Waals surface area contributed by atoms with E-state index in [2.05, 4.69) is 52.4 Å². The fourth-order valence-corrected chi connectivity index (χ4v) is 3.99. The van der Waals surface area contributed by atoms with Crippen molar-refractivity contribution in [2.24, 2.45) is 0 Å². The summed E-state index contributed by atoms with van der Waals surface area (Å²) in [6.07, 6.45) is 0.603. The van der Waals surface area contributed by atoms with Crippen LogP contribution < -0.4 is 5.56 Å². The maximum atomic E-state index is 12.7. The van der Waals surface area contributed by atoms with Gasteiger partial charge in [-0.25, -0.2) is 19.2 Å². The van der Waals surface area contributed by atoms with Crippen LogP contribution in [0.5, 0.6) is 0 Å². The Balaban J connectivity index is 1.51. The summed E-state index contributed by atoms with van der Waals surface area (Å²) < 4.78 is 3.38. The van der Waals surface area contributed by atoms with Crippen LogP contribution in [0.25, 0.3) is 27.7 Å². The first-order valence-electron chi connectivity index (χ1n) is 9.98. The van der Waals surface area contributed by atoms with E-state index in [4.69, 9.17) is 4.98 Å². The van der Waals surface area contributed by atoms with Crippen molar-refractivity contribution in [3.8, 4) is 11.3 Å². The van der Waals surface area contributed by atoms with Crippen molar-refractivity contribution in [2.75, 3.05) is 0 Å². The Labute approximate surface area is 173 Å². The number of aromatic amines is 1. The summed E-state index contributed by atoms with van der Waals surface area (Å²) >= 11 is 0. The van der Waals surface area contributed by atoms with Gasteiger partial charge >= 0.3 is 0 Å². The average Bonchev–Trinajstić information content (AvgIpc) is 3.30. The maximum Gasteiger partial charge on any atom is 0.272 e. The molecule has 0 aliphatic rings. The van der Waals surface area contributed by atoms with Crippen LogP contribution in [0.3, 0.4) is 0 Å². The summed E-state index contributed by atoms with van der Waals surface area (Å²) in [5.74, 6) is 1.60.